The average molecular weight is 392 g/mol. The smallest absolute Gasteiger partial charge is 0.316 e. The van der Waals surface area contributed by atoms with E-state index in [0.717, 1.165) is 22.9 Å². The molecule has 2 rings (SSSR count). The molecule has 0 aliphatic heterocycles. The molecule has 0 spiro atoms. The monoisotopic (exact) mass is 392 g/mol. The van der Waals surface area contributed by atoms with E-state index in [-0.39, 0.29) is 17.1 Å². The largest absolute Gasteiger partial charge is 0.455 e. The van der Waals surface area contributed by atoms with Crippen molar-refractivity contribution in [1.29, 1.82) is 0 Å². The van der Waals surface area contributed by atoms with Crippen molar-refractivity contribution in [3.05, 3.63) is 63.5 Å². The molecule has 9 heteroatoms. The average Bonchev–Trinajstić information content (AvgIpc) is 2.62. The molecule has 7 nitrogen and oxygen atoms in total. The summed E-state index contributed by atoms with van der Waals surface area (Å²) in [5, 5.41) is 13.5. The Hall–Kier alpha value is -2.94. The summed E-state index contributed by atoms with van der Waals surface area (Å²) in [6.45, 7) is 2.89. The molecule has 1 amide bonds. The van der Waals surface area contributed by atoms with Crippen LogP contribution < -0.4 is 5.32 Å². The number of hydrogen-bond donors (Lipinski definition) is 1. The van der Waals surface area contributed by atoms with Gasteiger partial charge in [-0.05, 0) is 43.2 Å². The maximum atomic E-state index is 13.5. The molecule has 0 radical (unpaired) electrons. The second-order valence-corrected chi connectivity index (χ2v) is 6.66. The first kappa shape index (κ1) is 20.4. The molecular formula is C18H17FN2O5S. The Labute approximate surface area is 159 Å². The van der Waals surface area contributed by atoms with Crippen LogP contribution >= 0.6 is 11.8 Å². The summed E-state index contributed by atoms with van der Waals surface area (Å²) in [5.41, 5.74) is 1.28. The van der Waals surface area contributed by atoms with E-state index in [2.05, 4.69) is 5.32 Å². The van der Waals surface area contributed by atoms with Crippen molar-refractivity contribution in [2.75, 3.05) is 17.7 Å². The summed E-state index contributed by atoms with van der Waals surface area (Å²) in [6.07, 6.45) is 0. The van der Waals surface area contributed by atoms with Crippen LogP contribution in [0.1, 0.15) is 11.1 Å². The van der Waals surface area contributed by atoms with Crippen molar-refractivity contribution in [3.63, 3.8) is 0 Å². The SMILES string of the molecule is Cc1cc(NC(=O)COC(=O)CSc2ccccc2F)c([N+](=O)[O-])cc1C. The van der Waals surface area contributed by atoms with E-state index in [9.17, 15) is 24.1 Å². The van der Waals surface area contributed by atoms with E-state index < -0.39 is 29.2 Å². The van der Waals surface area contributed by atoms with Gasteiger partial charge in [-0.25, -0.2) is 4.39 Å². The van der Waals surface area contributed by atoms with E-state index >= 15 is 0 Å². The summed E-state index contributed by atoms with van der Waals surface area (Å²) in [4.78, 5) is 34.5. The Morgan fingerprint density at radius 2 is 1.89 bits per heavy atom. The minimum atomic E-state index is -0.703. The number of nitro benzene ring substituents is 1. The first-order chi connectivity index (χ1) is 12.8. The number of nitro groups is 1. The number of aryl methyl sites for hydroxylation is 2. The molecule has 1 N–H and O–H groups in total. The number of ether oxygens (including phenoxy) is 1. The molecule has 0 aliphatic rings. The summed E-state index contributed by atoms with van der Waals surface area (Å²) in [5.74, 6) is -2.02. The molecule has 0 aliphatic carbocycles. The summed E-state index contributed by atoms with van der Waals surface area (Å²) < 4.78 is 18.3. The van der Waals surface area contributed by atoms with Gasteiger partial charge in [0.05, 0.1) is 10.7 Å². The third-order valence-electron chi connectivity index (χ3n) is 3.63. The first-order valence-electron chi connectivity index (χ1n) is 7.86. The Kier molecular flexibility index (Phi) is 6.89. The van der Waals surface area contributed by atoms with Gasteiger partial charge in [-0.3, -0.25) is 19.7 Å². The van der Waals surface area contributed by atoms with Gasteiger partial charge in [0, 0.05) is 11.0 Å². The van der Waals surface area contributed by atoms with Crippen LogP contribution in [0.5, 0.6) is 0 Å². The fraction of sp³-hybridized carbons (Fsp3) is 0.222. The van der Waals surface area contributed by atoms with E-state index in [1.165, 1.54) is 30.3 Å². The third kappa shape index (κ3) is 5.78. The quantitative estimate of drug-likeness (QED) is 0.334. The molecule has 0 fully saturated rings. The van der Waals surface area contributed by atoms with Crippen molar-refractivity contribution in [3.8, 4) is 0 Å². The standard InChI is InChI=1S/C18H17FN2O5S/c1-11-7-14(15(21(24)25)8-12(11)2)20-17(22)9-26-18(23)10-27-16-6-4-3-5-13(16)19/h3-8H,9-10H2,1-2H3,(H,20,22). The topological polar surface area (TPSA) is 98.5 Å². The summed E-state index contributed by atoms with van der Waals surface area (Å²) in [7, 11) is 0. The van der Waals surface area contributed by atoms with Gasteiger partial charge in [-0.15, -0.1) is 11.8 Å². The lowest BCUT2D eigenvalue weighted by atomic mass is 10.1. The van der Waals surface area contributed by atoms with Crippen molar-refractivity contribution in [2.24, 2.45) is 0 Å². The number of anilines is 1. The molecule has 0 saturated carbocycles. The van der Waals surface area contributed by atoms with Crippen LogP contribution in [0.2, 0.25) is 0 Å². The lowest BCUT2D eigenvalue weighted by Crippen LogP contribution is -2.22. The molecule has 2 aromatic carbocycles. The number of esters is 1. The van der Waals surface area contributed by atoms with Crippen molar-refractivity contribution in [2.45, 2.75) is 18.7 Å². The fourth-order valence-electron chi connectivity index (χ4n) is 2.12. The zero-order valence-corrected chi connectivity index (χ0v) is 15.5. The zero-order valence-electron chi connectivity index (χ0n) is 14.7. The highest BCUT2D eigenvalue weighted by atomic mass is 32.2. The second-order valence-electron chi connectivity index (χ2n) is 5.64. The van der Waals surface area contributed by atoms with Gasteiger partial charge < -0.3 is 10.1 Å². The number of carbonyl (C=O) groups is 2. The third-order valence-corrected chi connectivity index (χ3v) is 4.65. The van der Waals surface area contributed by atoms with Crippen LogP contribution in [-0.2, 0) is 14.3 Å². The second kappa shape index (κ2) is 9.13. The van der Waals surface area contributed by atoms with Crippen LogP contribution in [-0.4, -0.2) is 29.2 Å². The number of carbonyl (C=O) groups excluding carboxylic acids is 2. The Morgan fingerprint density at radius 3 is 2.56 bits per heavy atom. The van der Waals surface area contributed by atoms with Crippen LogP contribution in [0.3, 0.4) is 0 Å². The molecule has 0 bridgehead atoms. The summed E-state index contributed by atoms with van der Waals surface area (Å²) in [6, 6.07) is 8.83. The summed E-state index contributed by atoms with van der Waals surface area (Å²) >= 11 is 0.950. The molecule has 0 unspecified atom stereocenters. The maximum Gasteiger partial charge on any atom is 0.316 e. The van der Waals surface area contributed by atoms with Gasteiger partial charge in [0.2, 0.25) is 0 Å². The van der Waals surface area contributed by atoms with Crippen LogP contribution in [0.25, 0.3) is 0 Å². The van der Waals surface area contributed by atoms with Crippen LogP contribution in [0.4, 0.5) is 15.8 Å². The molecule has 2 aromatic rings. The Bertz CT molecular complexity index is 888. The van der Waals surface area contributed by atoms with E-state index in [1.807, 2.05) is 0 Å². The molecule has 0 heterocycles. The molecule has 0 aromatic heterocycles. The Balaban J connectivity index is 1.89. The molecular weight excluding hydrogens is 375 g/mol. The predicted octanol–water partition coefficient (Wildman–Crippen LogP) is 3.62. The first-order valence-corrected chi connectivity index (χ1v) is 8.85. The lowest BCUT2D eigenvalue weighted by molar-refractivity contribution is -0.384. The highest BCUT2D eigenvalue weighted by molar-refractivity contribution is 8.00. The van der Waals surface area contributed by atoms with Crippen molar-refractivity contribution < 1.29 is 23.6 Å². The minimum Gasteiger partial charge on any atom is -0.455 e. The zero-order chi connectivity index (χ0) is 20.0. The van der Waals surface area contributed by atoms with Crippen LogP contribution in [0.15, 0.2) is 41.3 Å². The molecule has 27 heavy (non-hydrogen) atoms. The minimum absolute atomic E-state index is 0.0323. The van der Waals surface area contributed by atoms with Gasteiger partial charge in [0.25, 0.3) is 11.6 Å². The number of nitrogens with one attached hydrogen (secondary N) is 1. The van der Waals surface area contributed by atoms with Gasteiger partial charge in [-0.1, -0.05) is 12.1 Å². The highest BCUT2D eigenvalue weighted by Crippen LogP contribution is 2.28. The molecule has 0 atom stereocenters. The van der Waals surface area contributed by atoms with Crippen molar-refractivity contribution in [1.82, 2.24) is 0 Å². The number of rotatable bonds is 7. The number of amides is 1. The van der Waals surface area contributed by atoms with Gasteiger partial charge in [0.1, 0.15) is 11.5 Å². The fourth-order valence-corrected chi connectivity index (χ4v) is 2.86. The number of nitrogens with zero attached hydrogens (tertiary/aromatic N) is 1. The Morgan fingerprint density at radius 1 is 1.22 bits per heavy atom. The van der Waals surface area contributed by atoms with Gasteiger partial charge >= 0.3 is 5.97 Å². The highest BCUT2D eigenvalue weighted by Gasteiger charge is 2.18. The lowest BCUT2D eigenvalue weighted by Gasteiger charge is -2.09. The van der Waals surface area contributed by atoms with Crippen LogP contribution in [0, 0.1) is 29.8 Å². The van der Waals surface area contributed by atoms with Gasteiger partial charge in [0.15, 0.2) is 6.61 Å². The molecule has 0 saturated heterocycles. The number of halogens is 1. The van der Waals surface area contributed by atoms with Crippen molar-refractivity contribution >= 4 is 35.0 Å². The van der Waals surface area contributed by atoms with E-state index in [4.69, 9.17) is 4.74 Å². The number of thioether (sulfide) groups is 1. The number of benzene rings is 2. The van der Waals surface area contributed by atoms with Gasteiger partial charge in [-0.2, -0.15) is 0 Å². The normalized spacial score (nSPS) is 10.3. The molecule has 142 valence electrons. The predicted molar refractivity (Wildman–Crippen MR) is 99.3 cm³/mol. The number of hydrogen-bond acceptors (Lipinski definition) is 6. The van der Waals surface area contributed by atoms with E-state index in [0.29, 0.717) is 4.90 Å². The maximum absolute atomic E-state index is 13.5. The van der Waals surface area contributed by atoms with E-state index in [1.54, 1.807) is 19.9 Å².